The molecule has 0 spiro atoms. The SMILES string of the molecule is CCc1ccc(CC(C(=O)O)N(N)C(C)C)cc1. The van der Waals surface area contributed by atoms with E-state index in [9.17, 15) is 9.90 Å². The molecule has 0 saturated carbocycles. The lowest BCUT2D eigenvalue weighted by Crippen LogP contribution is -2.50. The molecule has 0 bridgehead atoms. The number of hydrogen-bond donors (Lipinski definition) is 2. The molecule has 1 atom stereocenters. The Labute approximate surface area is 108 Å². The van der Waals surface area contributed by atoms with E-state index in [-0.39, 0.29) is 6.04 Å². The third-order valence-electron chi connectivity index (χ3n) is 3.10. The number of carboxylic acid groups (broad SMARTS) is 1. The molecule has 1 aromatic carbocycles. The normalized spacial score (nSPS) is 13.0. The lowest BCUT2D eigenvalue weighted by atomic mass is 10.0. The molecule has 1 aromatic rings. The first kappa shape index (κ1) is 14.7. The van der Waals surface area contributed by atoms with E-state index in [1.165, 1.54) is 10.6 Å². The van der Waals surface area contributed by atoms with E-state index in [1.807, 2.05) is 38.1 Å². The summed E-state index contributed by atoms with van der Waals surface area (Å²) in [6, 6.07) is 7.33. The first-order valence-electron chi connectivity index (χ1n) is 6.29. The van der Waals surface area contributed by atoms with Crippen LogP contribution < -0.4 is 5.84 Å². The number of hydrogen-bond acceptors (Lipinski definition) is 3. The molecule has 0 fully saturated rings. The van der Waals surface area contributed by atoms with Crippen LogP contribution in [0.3, 0.4) is 0 Å². The van der Waals surface area contributed by atoms with Gasteiger partial charge >= 0.3 is 5.97 Å². The van der Waals surface area contributed by atoms with Crippen LogP contribution >= 0.6 is 0 Å². The van der Waals surface area contributed by atoms with E-state index in [1.54, 1.807) is 0 Å². The molecule has 0 aliphatic heterocycles. The Hall–Kier alpha value is -1.39. The number of benzene rings is 1. The van der Waals surface area contributed by atoms with Crippen molar-refractivity contribution in [2.24, 2.45) is 5.84 Å². The second-order valence-corrected chi connectivity index (χ2v) is 4.77. The van der Waals surface area contributed by atoms with Crippen molar-refractivity contribution >= 4 is 5.97 Å². The molecule has 0 amide bonds. The summed E-state index contributed by atoms with van der Waals surface area (Å²) in [7, 11) is 0. The largest absolute Gasteiger partial charge is 0.480 e. The van der Waals surface area contributed by atoms with Gasteiger partial charge in [0.2, 0.25) is 0 Å². The van der Waals surface area contributed by atoms with Crippen LogP contribution in [0.4, 0.5) is 0 Å². The fraction of sp³-hybridized carbons (Fsp3) is 0.500. The van der Waals surface area contributed by atoms with Gasteiger partial charge in [0, 0.05) is 12.5 Å². The summed E-state index contributed by atoms with van der Waals surface area (Å²) >= 11 is 0. The Morgan fingerprint density at radius 1 is 1.28 bits per heavy atom. The Bertz CT molecular complexity index is 387. The van der Waals surface area contributed by atoms with Crippen molar-refractivity contribution in [3.8, 4) is 0 Å². The Kier molecular flexibility index (Phi) is 5.31. The molecule has 100 valence electrons. The zero-order valence-electron chi connectivity index (χ0n) is 11.3. The van der Waals surface area contributed by atoms with Gasteiger partial charge < -0.3 is 5.11 Å². The van der Waals surface area contributed by atoms with Crippen molar-refractivity contribution < 1.29 is 9.90 Å². The van der Waals surface area contributed by atoms with Crippen molar-refractivity contribution in [2.45, 2.75) is 45.7 Å². The Balaban J connectivity index is 2.80. The van der Waals surface area contributed by atoms with Gasteiger partial charge in [-0.25, -0.2) is 5.01 Å². The second kappa shape index (κ2) is 6.52. The van der Waals surface area contributed by atoms with E-state index in [4.69, 9.17) is 5.84 Å². The highest BCUT2D eigenvalue weighted by Crippen LogP contribution is 2.11. The van der Waals surface area contributed by atoms with Crippen LogP contribution in [0.15, 0.2) is 24.3 Å². The average Bonchev–Trinajstić information content (AvgIpc) is 2.35. The summed E-state index contributed by atoms with van der Waals surface area (Å²) in [5.41, 5.74) is 2.25. The highest BCUT2D eigenvalue weighted by molar-refractivity contribution is 5.73. The fourth-order valence-corrected chi connectivity index (χ4v) is 1.81. The van der Waals surface area contributed by atoms with Crippen LogP contribution in [0.5, 0.6) is 0 Å². The first-order chi connectivity index (χ1) is 8.45. The molecule has 18 heavy (non-hydrogen) atoms. The summed E-state index contributed by atoms with van der Waals surface area (Å²) in [6.45, 7) is 5.86. The molecule has 0 heterocycles. The zero-order chi connectivity index (χ0) is 13.7. The third kappa shape index (κ3) is 3.82. The van der Waals surface area contributed by atoms with Crippen LogP contribution in [0.25, 0.3) is 0 Å². The van der Waals surface area contributed by atoms with Gasteiger partial charge in [0.05, 0.1) is 0 Å². The number of nitrogens with zero attached hydrogens (tertiary/aromatic N) is 1. The number of nitrogens with two attached hydrogens (primary N) is 1. The van der Waals surface area contributed by atoms with Gasteiger partial charge in [-0.05, 0) is 31.4 Å². The monoisotopic (exact) mass is 250 g/mol. The molecule has 0 saturated heterocycles. The predicted molar refractivity (Wildman–Crippen MR) is 72.1 cm³/mol. The quantitative estimate of drug-likeness (QED) is 0.597. The highest BCUT2D eigenvalue weighted by atomic mass is 16.4. The maximum absolute atomic E-state index is 11.3. The van der Waals surface area contributed by atoms with Crippen LogP contribution in [-0.2, 0) is 17.6 Å². The van der Waals surface area contributed by atoms with E-state index < -0.39 is 12.0 Å². The molecular weight excluding hydrogens is 228 g/mol. The molecule has 1 unspecified atom stereocenters. The molecule has 4 heteroatoms. The van der Waals surface area contributed by atoms with Crippen molar-refractivity contribution in [3.05, 3.63) is 35.4 Å². The van der Waals surface area contributed by atoms with Crippen LogP contribution in [0.1, 0.15) is 31.9 Å². The minimum atomic E-state index is -0.884. The topological polar surface area (TPSA) is 66.6 Å². The standard InChI is InChI=1S/C14H22N2O2/c1-4-11-5-7-12(8-6-11)9-13(14(17)18)16(15)10(2)3/h5-8,10,13H,4,9,15H2,1-3H3,(H,17,18). The number of aliphatic carboxylic acids is 1. The van der Waals surface area contributed by atoms with Gasteiger partial charge in [-0.3, -0.25) is 10.6 Å². The van der Waals surface area contributed by atoms with Gasteiger partial charge in [-0.15, -0.1) is 0 Å². The van der Waals surface area contributed by atoms with Crippen molar-refractivity contribution in [1.29, 1.82) is 0 Å². The van der Waals surface area contributed by atoms with Crippen molar-refractivity contribution in [2.75, 3.05) is 0 Å². The number of aryl methyl sites for hydroxylation is 1. The number of carbonyl (C=O) groups is 1. The minimum absolute atomic E-state index is 0.000940. The average molecular weight is 250 g/mol. The van der Waals surface area contributed by atoms with E-state index in [0.717, 1.165) is 12.0 Å². The summed E-state index contributed by atoms with van der Waals surface area (Å²) < 4.78 is 0. The van der Waals surface area contributed by atoms with Crippen molar-refractivity contribution in [3.63, 3.8) is 0 Å². The molecule has 1 rings (SSSR count). The molecule has 0 radical (unpaired) electrons. The van der Waals surface area contributed by atoms with Crippen molar-refractivity contribution in [1.82, 2.24) is 5.01 Å². The second-order valence-electron chi connectivity index (χ2n) is 4.77. The number of carboxylic acids is 1. The van der Waals surface area contributed by atoms with E-state index in [2.05, 4.69) is 6.92 Å². The van der Waals surface area contributed by atoms with E-state index >= 15 is 0 Å². The third-order valence-corrected chi connectivity index (χ3v) is 3.10. The molecular formula is C14H22N2O2. The molecule has 4 nitrogen and oxygen atoms in total. The number of hydrazine groups is 1. The summed E-state index contributed by atoms with van der Waals surface area (Å²) in [5.74, 6) is 4.93. The van der Waals surface area contributed by atoms with Gasteiger partial charge in [0.15, 0.2) is 0 Å². The fourth-order valence-electron chi connectivity index (χ4n) is 1.81. The van der Waals surface area contributed by atoms with Gasteiger partial charge in [-0.1, -0.05) is 31.2 Å². The summed E-state index contributed by atoms with van der Waals surface area (Å²) in [6.07, 6.45) is 1.41. The first-order valence-corrected chi connectivity index (χ1v) is 6.29. The molecule has 3 N–H and O–H groups in total. The Morgan fingerprint density at radius 2 is 1.78 bits per heavy atom. The van der Waals surface area contributed by atoms with Gasteiger partial charge in [-0.2, -0.15) is 0 Å². The van der Waals surface area contributed by atoms with Crippen LogP contribution in [0, 0.1) is 0 Å². The highest BCUT2D eigenvalue weighted by Gasteiger charge is 2.25. The maximum Gasteiger partial charge on any atom is 0.322 e. The Morgan fingerprint density at radius 3 is 2.17 bits per heavy atom. The van der Waals surface area contributed by atoms with Crippen LogP contribution in [0.2, 0.25) is 0 Å². The number of rotatable bonds is 6. The molecule has 0 aliphatic rings. The summed E-state index contributed by atoms with van der Waals surface area (Å²) in [5, 5.41) is 10.6. The van der Waals surface area contributed by atoms with Gasteiger partial charge in [0.25, 0.3) is 0 Å². The van der Waals surface area contributed by atoms with Crippen LogP contribution in [-0.4, -0.2) is 28.2 Å². The van der Waals surface area contributed by atoms with E-state index in [0.29, 0.717) is 6.42 Å². The van der Waals surface area contributed by atoms with Gasteiger partial charge in [0.1, 0.15) is 6.04 Å². The zero-order valence-corrected chi connectivity index (χ0v) is 11.3. The maximum atomic E-state index is 11.3. The smallest absolute Gasteiger partial charge is 0.322 e. The predicted octanol–water partition coefficient (Wildman–Crippen LogP) is 1.83. The molecule has 0 aromatic heterocycles. The molecule has 0 aliphatic carbocycles. The lowest BCUT2D eigenvalue weighted by Gasteiger charge is -2.27. The lowest BCUT2D eigenvalue weighted by molar-refractivity contribution is -0.144. The minimum Gasteiger partial charge on any atom is -0.480 e. The summed E-state index contributed by atoms with van der Waals surface area (Å²) in [4.78, 5) is 11.3.